The van der Waals surface area contributed by atoms with Crippen LogP contribution in [0.5, 0.6) is 5.75 Å². The zero-order valence-electron chi connectivity index (χ0n) is 12.8. The van der Waals surface area contributed by atoms with Crippen molar-refractivity contribution in [2.24, 2.45) is 0 Å². The smallest absolute Gasteiger partial charge is 0.265 e. The Kier molecular flexibility index (Phi) is 3.84. The summed E-state index contributed by atoms with van der Waals surface area (Å²) < 4.78 is 0. The van der Waals surface area contributed by atoms with Crippen molar-refractivity contribution in [3.05, 3.63) is 59.7 Å². The van der Waals surface area contributed by atoms with Crippen molar-refractivity contribution >= 4 is 17.4 Å². The fourth-order valence-electron chi connectivity index (χ4n) is 2.96. The van der Waals surface area contributed by atoms with Crippen LogP contribution < -0.4 is 4.90 Å². The third-order valence-electron chi connectivity index (χ3n) is 4.11. The molecule has 120 valence electrons. The van der Waals surface area contributed by atoms with Crippen LogP contribution in [-0.2, 0) is 10.4 Å². The molecule has 5 heteroatoms. The number of Topliss-reactive ketones (excluding diaryl/α,β-unsaturated/α-hetero) is 1. The number of phenolic OH excluding ortho intramolecular Hbond substituents is 1. The van der Waals surface area contributed by atoms with Crippen LogP contribution in [-0.4, -0.2) is 28.4 Å². The van der Waals surface area contributed by atoms with E-state index in [1.54, 1.807) is 36.4 Å². The van der Waals surface area contributed by atoms with Gasteiger partial charge in [0.05, 0.1) is 24.2 Å². The van der Waals surface area contributed by atoms with Gasteiger partial charge in [0.2, 0.25) is 0 Å². The van der Waals surface area contributed by atoms with E-state index in [4.69, 9.17) is 6.42 Å². The number of hydrogen-bond acceptors (Lipinski definition) is 4. The molecule has 0 aromatic heterocycles. The van der Waals surface area contributed by atoms with Gasteiger partial charge >= 0.3 is 0 Å². The van der Waals surface area contributed by atoms with Gasteiger partial charge < -0.3 is 10.2 Å². The molecule has 0 radical (unpaired) electrons. The number of hydrogen-bond donors (Lipinski definition) is 2. The number of amides is 1. The maximum Gasteiger partial charge on any atom is 0.265 e. The Hall–Kier alpha value is -3.10. The minimum Gasteiger partial charge on any atom is -0.507 e. The van der Waals surface area contributed by atoms with Crippen LogP contribution >= 0.6 is 0 Å². The van der Waals surface area contributed by atoms with Crippen molar-refractivity contribution < 1.29 is 19.8 Å². The molecular weight excluding hydrogens is 306 g/mol. The molecule has 1 aliphatic rings. The second-order valence-corrected chi connectivity index (χ2v) is 5.59. The van der Waals surface area contributed by atoms with Crippen molar-refractivity contribution in [1.29, 1.82) is 0 Å². The second-order valence-electron chi connectivity index (χ2n) is 5.59. The molecule has 1 atom stereocenters. The lowest BCUT2D eigenvalue weighted by molar-refractivity contribution is -0.135. The average molecular weight is 321 g/mol. The predicted molar refractivity (Wildman–Crippen MR) is 88.6 cm³/mol. The number of aliphatic hydroxyl groups is 1. The highest BCUT2D eigenvalue weighted by Crippen LogP contribution is 2.42. The Bertz CT molecular complexity index is 868. The average Bonchev–Trinajstić information content (AvgIpc) is 2.78. The topological polar surface area (TPSA) is 77.8 Å². The first kappa shape index (κ1) is 15.8. The minimum atomic E-state index is -1.99. The van der Waals surface area contributed by atoms with Crippen LogP contribution in [0.4, 0.5) is 5.69 Å². The highest BCUT2D eigenvalue weighted by Gasteiger charge is 2.50. The van der Waals surface area contributed by atoms with Gasteiger partial charge in [0.15, 0.2) is 11.4 Å². The van der Waals surface area contributed by atoms with Crippen LogP contribution in [0.25, 0.3) is 0 Å². The summed E-state index contributed by atoms with van der Waals surface area (Å²) in [7, 11) is 0. The standard InChI is InChI=1S/C19H15NO4/c1-2-11-20-15-9-5-4-8-14(15)19(24,18(20)23)12-17(22)13-7-3-6-10-16(13)21/h1,3-10,21,24H,11-12H2. The molecule has 0 saturated carbocycles. The predicted octanol–water partition coefficient (Wildman–Crippen LogP) is 1.83. The van der Waals surface area contributed by atoms with Gasteiger partial charge in [-0.1, -0.05) is 36.3 Å². The number of carbonyl (C=O) groups excluding carboxylic acids is 2. The van der Waals surface area contributed by atoms with Crippen LogP contribution in [0.2, 0.25) is 0 Å². The number of ketones is 1. The number of terminal acetylenes is 1. The number of phenols is 1. The second kappa shape index (κ2) is 5.84. The number of benzene rings is 2. The summed E-state index contributed by atoms with van der Waals surface area (Å²) in [6.07, 6.45) is 4.83. The summed E-state index contributed by atoms with van der Waals surface area (Å²) in [5.41, 5.74) is -1.10. The molecule has 0 spiro atoms. The van der Waals surface area contributed by atoms with Crippen molar-refractivity contribution in [2.45, 2.75) is 12.0 Å². The molecule has 24 heavy (non-hydrogen) atoms. The largest absolute Gasteiger partial charge is 0.507 e. The third kappa shape index (κ3) is 2.34. The van der Waals surface area contributed by atoms with E-state index in [1.165, 1.54) is 17.0 Å². The maximum atomic E-state index is 12.7. The molecule has 5 nitrogen and oxygen atoms in total. The van der Waals surface area contributed by atoms with E-state index in [0.717, 1.165) is 0 Å². The highest BCUT2D eigenvalue weighted by molar-refractivity contribution is 6.11. The van der Waals surface area contributed by atoms with Gasteiger partial charge in [-0.15, -0.1) is 6.42 Å². The molecule has 2 aromatic carbocycles. The van der Waals surface area contributed by atoms with Crippen LogP contribution in [0.1, 0.15) is 22.3 Å². The monoisotopic (exact) mass is 321 g/mol. The molecule has 0 saturated heterocycles. The molecule has 2 aromatic rings. The van der Waals surface area contributed by atoms with Crippen LogP contribution in [0, 0.1) is 12.3 Å². The lowest BCUT2D eigenvalue weighted by atomic mass is 9.88. The fourth-order valence-corrected chi connectivity index (χ4v) is 2.96. The van der Waals surface area contributed by atoms with Gasteiger partial charge in [0.25, 0.3) is 5.91 Å². The molecular formula is C19H15NO4. The molecule has 1 aliphatic heterocycles. The van der Waals surface area contributed by atoms with E-state index in [-0.39, 0.29) is 17.9 Å². The van der Waals surface area contributed by atoms with E-state index >= 15 is 0 Å². The first-order valence-corrected chi connectivity index (χ1v) is 7.37. The zero-order valence-corrected chi connectivity index (χ0v) is 12.8. The van der Waals surface area contributed by atoms with Crippen molar-refractivity contribution in [3.8, 4) is 18.1 Å². The SMILES string of the molecule is C#CCN1C(=O)C(O)(CC(=O)c2ccccc2O)c2ccccc21. The summed E-state index contributed by atoms with van der Waals surface area (Å²) in [6, 6.07) is 12.7. The molecule has 0 aliphatic carbocycles. The van der Waals surface area contributed by atoms with Crippen molar-refractivity contribution in [3.63, 3.8) is 0 Å². The molecule has 1 heterocycles. The number of aromatic hydroxyl groups is 1. The molecule has 0 fully saturated rings. The van der Waals surface area contributed by atoms with Gasteiger partial charge in [0.1, 0.15) is 5.75 Å². The lowest BCUT2D eigenvalue weighted by Crippen LogP contribution is -2.42. The summed E-state index contributed by atoms with van der Waals surface area (Å²) >= 11 is 0. The van der Waals surface area contributed by atoms with Crippen LogP contribution in [0.3, 0.4) is 0 Å². The summed E-state index contributed by atoms with van der Waals surface area (Å²) in [4.78, 5) is 26.5. The van der Waals surface area contributed by atoms with E-state index in [1.807, 2.05) is 0 Å². The summed E-state index contributed by atoms with van der Waals surface area (Å²) in [6.45, 7) is 0.00291. The van der Waals surface area contributed by atoms with E-state index < -0.39 is 23.7 Å². The summed E-state index contributed by atoms with van der Waals surface area (Å²) in [5.74, 6) is 1.03. The third-order valence-corrected chi connectivity index (χ3v) is 4.11. The van der Waals surface area contributed by atoms with Crippen molar-refractivity contribution in [1.82, 2.24) is 0 Å². The molecule has 3 rings (SSSR count). The van der Waals surface area contributed by atoms with Crippen molar-refractivity contribution in [2.75, 3.05) is 11.4 Å². The molecule has 2 N–H and O–H groups in total. The number of para-hydroxylation sites is 2. The van der Waals surface area contributed by atoms with Crippen LogP contribution in [0.15, 0.2) is 48.5 Å². The summed E-state index contributed by atoms with van der Waals surface area (Å²) in [5, 5.41) is 20.8. The Balaban J connectivity index is 2.01. The first-order chi connectivity index (χ1) is 11.5. The number of anilines is 1. The lowest BCUT2D eigenvalue weighted by Gasteiger charge is -2.22. The highest BCUT2D eigenvalue weighted by atomic mass is 16.3. The fraction of sp³-hybridized carbons (Fsp3) is 0.158. The van der Waals surface area contributed by atoms with E-state index in [2.05, 4.69) is 5.92 Å². The Morgan fingerprint density at radius 2 is 1.83 bits per heavy atom. The first-order valence-electron chi connectivity index (χ1n) is 7.37. The minimum absolute atomic E-state index is 0.00291. The molecule has 0 bridgehead atoms. The van der Waals surface area contributed by atoms with Gasteiger partial charge in [-0.05, 0) is 18.2 Å². The number of nitrogens with zero attached hydrogens (tertiary/aromatic N) is 1. The molecule has 1 unspecified atom stereocenters. The normalized spacial score (nSPS) is 19.0. The van der Waals surface area contributed by atoms with E-state index in [0.29, 0.717) is 11.3 Å². The quantitative estimate of drug-likeness (QED) is 0.665. The number of carbonyl (C=O) groups is 2. The van der Waals surface area contributed by atoms with Gasteiger partial charge in [-0.2, -0.15) is 0 Å². The Morgan fingerprint density at radius 3 is 2.54 bits per heavy atom. The number of rotatable bonds is 4. The van der Waals surface area contributed by atoms with Gasteiger partial charge in [0, 0.05) is 5.56 Å². The van der Waals surface area contributed by atoms with Gasteiger partial charge in [-0.3, -0.25) is 14.5 Å². The maximum absolute atomic E-state index is 12.7. The molecule has 1 amide bonds. The van der Waals surface area contributed by atoms with E-state index in [9.17, 15) is 19.8 Å². The zero-order chi connectivity index (χ0) is 17.3. The van der Waals surface area contributed by atoms with Gasteiger partial charge in [-0.25, -0.2) is 0 Å². The Morgan fingerprint density at radius 1 is 1.17 bits per heavy atom. The Labute approximate surface area is 139 Å². The number of fused-ring (bicyclic) bond motifs is 1.